The van der Waals surface area contributed by atoms with Crippen LogP contribution in [0, 0.1) is 0 Å². The van der Waals surface area contributed by atoms with Crippen molar-refractivity contribution in [3.05, 3.63) is 53.7 Å². The van der Waals surface area contributed by atoms with Crippen LogP contribution in [0.5, 0.6) is 0 Å². The molecule has 0 fully saturated rings. The fourth-order valence-corrected chi connectivity index (χ4v) is 2.15. The van der Waals surface area contributed by atoms with Gasteiger partial charge in [0.15, 0.2) is 11.5 Å². The highest BCUT2D eigenvalue weighted by atomic mass is 19.4. The average Bonchev–Trinajstić information content (AvgIpc) is 2.90. The number of halogens is 3. The van der Waals surface area contributed by atoms with Gasteiger partial charge in [-0.25, -0.2) is 9.50 Å². The van der Waals surface area contributed by atoms with Gasteiger partial charge in [0.05, 0.1) is 11.3 Å². The second-order valence-electron chi connectivity index (χ2n) is 4.47. The van der Waals surface area contributed by atoms with E-state index in [9.17, 15) is 13.2 Å². The highest BCUT2D eigenvalue weighted by molar-refractivity contribution is 5.63. The number of hydrogen-bond donors (Lipinski definition) is 1. The Kier molecular flexibility index (Phi) is 3.13. The highest BCUT2D eigenvalue weighted by Gasteiger charge is 2.34. The number of hydrogen-bond acceptors (Lipinski definition) is 3. The number of nitrogens with two attached hydrogens (primary N) is 1. The lowest BCUT2D eigenvalue weighted by Gasteiger charge is -2.09. The van der Waals surface area contributed by atoms with Gasteiger partial charge in [0.2, 0.25) is 0 Å². The largest absolute Gasteiger partial charge is 0.417 e. The van der Waals surface area contributed by atoms with E-state index < -0.39 is 11.7 Å². The van der Waals surface area contributed by atoms with Crippen molar-refractivity contribution in [2.24, 2.45) is 5.73 Å². The first kappa shape index (κ1) is 13.6. The molecule has 0 aliphatic carbocycles. The van der Waals surface area contributed by atoms with E-state index in [0.717, 1.165) is 6.07 Å². The summed E-state index contributed by atoms with van der Waals surface area (Å²) in [4.78, 5) is 4.16. The van der Waals surface area contributed by atoms with Gasteiger partial charge < -0.3 is 5.73 Å². The molecule has 0 unspecified atom stereocenters. The van der Waals surface area contributed by atoms with Crippen LogP contribution in [0.4, 0.5) is 13.2 Å². The van der Waals surface area contributed by atoms with Crippen molar-refractivity contribution >= 4 is 5.65 Å². The fourth-order valence-electron chi connectivity index (χ4n) is 2.15. The zero-order chi connectivity index (χ0) is 15.0. The minimum absolute atomic E-state index is 0.0313. The lowest BCUT2D eigenvalue weighted by molar-refractivity contribution is -0.137. The zero-order valence-corrected chi connectivity index (χ0v) is 10.8. The predicted octanol–water partition coefficient (Wildman–Crippen LogP) is 2.87. The molecule has 0 radical (unpaired) electrons. The summed E-state index contributed by atoms with van der Waals surface area (Å²) in [6.07, 6.45) is -4.45. The molecule has 0 amide bonds. The minimum atomic E-state index is -4.45. The van der Waals surface area contributed by atoms with Crippen LogP contribution >= 0.6 is 0 Å². The molecule has 0 spiro atoms. The predicted molar refractivity (Wildman–Crippen MR) is 71.3 cm³/mol. The van der Waals surface area contributed by atoms with Crippen molar-refractivity contribution in [2.75, 3.05) is 0 Å². The summed E-state index contributed by atoms with van der Waals surface area (Å²) in [5, 5.41) is 4.15. The van der Waals surface area contributed by atoms with Crippen LogP contribution in [0.2, 0.25) is 0 Å². The quantitative estimate of drug-likeness (QED) is 0.790. The lowest BCUT2D eigenvalue weighted by Crippen LogP contribution is -2.07. The molecule has 108 valence electrons. The summed E-state index contributed by atoms with van der Waals surface area (Å²) in [5.41, 5.74) is 5.93. The molecule has 0 bridgehead atoms. The Hall–Kier alpha value is -2.41. The van der Waals surface area contributed by atoms with E-state index in [1.807, 2.05) is 0 Å². The van der Waals surface area contributed by atoms with Crippen molar-refractivity contribution in [3.63, 3.8) is 0 Å². The number of alkyl halides is 3. The van der Waals surface area contributed by atoms with Crippen LogP contribution in [-0.4, -0.2) is 14.6 Å². The molecule has 2 aromatic heterocycles. The monoisotopic (exact) mass is 292 g/mol. The molecule has 2 heterocycles. The average molecular weight is 292 g/mol. The summed E-state index contributed by atoms with van der Waals surface area (Å²) in [6.45, 7) is 0.223. The Morgan fingerprint density at radius 2 is 1.81 bits per heavy atom. The maximum atomic E-state index is 13.1. The van der Waals surface area contributed by atoms with Gasteiger partial charge in [-0.2, -0.15) is 13.2 Å². The number of pyridine rings is 1. The van der Waals surface area contributed by atoms with Crippen LogP contribution in [0.25, 0.3) is 17.0 Å². The molecule has 0 aliphatic heterocycles. The SMILES string of the molecule is NCc1cccc2nc(-c3ccccc3C(F)(F)F)nn12. The number of benzene rings is 1. The van der Waals surface area contributed by atoms with Crippen LogP contribution in [-0.2, 0) is 12.7 Å². The van der Waals surface area contributed by atoms with Crippen molar-refractivity contribution < 1.29 is 13.2 Å². The van der Waals surface area contributed by atoms with Gasteiger partial charge in [-0.05, 0) is 18.2 Å². The third kappa shape index (κ3) is 2.36. The van der Waals surface area contributed by atoms with E-state index in [-0.39, 0.29) is 17.9 Å². The standard InChI is InChI=1S/C14H11F3N4/c15-14(16,17)11-6-2-1-5-10(11)13-19-12-7-3-4-9(8-18)21(12)20-13/h1-7H,8,18H2. The Labute approximate surface area is 118 Å². The van der Waals surface area contributed by atoms with E-state index in [1.165, 1.54) is 22.7 Å². The van der Waals surface area contributed by atoms with Gasteiger partial charge in [0, 0.05) is 12.1 Å². The molecule has 1 aromatic carbocycles. The van der Waals surface area contributed by atoms with Crippen molar-refractivity contribution in [2.45, 2.75) is 12.7 Å². The molecule has 7 heteroatoms. The number of aromatic nitrogens is 3. The van der Waals surface area contributed by atoms with E-state index in [1.54, 1.807) is 18.2 Å². The van der Waals surface area contributed by atoms with Gasteiger partial charge in [-0.15, -0.1) is 5.10 Å². The van der Waals surface area contributed by atoms with E-state index >= 15 is 0 Å². The summed E-state index contributed by atoms with van der Waals surface area (Å²) in [7, 11) is 0. The normalized spacial score (nSPS) is 12.0. The molecular formula is C14H11F3N4. The Morgan fingerprint density at radius 3 is 2.52 bits per heavy atom. The maximum absolute atomic E-state index is 13.1. The molecule has 2 N–H and O–H groups in total. The van der Waals surface area contributed by atoms with E-state index in [0.29, 0.717) is 11.3 Å². The fraction of sp³-hybridized carbons (Fsp3) is 0.143. The Balaban J connectivity index is 2.22. The first-order valence-corrected chi connectivity index (χ1v) is 6.22. The molecule has 0 atom stereocenters. The van der Waals surface area contributed by atoms with Gasteiger partial charge in [0.25, 0.3) is 0 Å². The smallest absolute Gasteiger partial charge is 0.325 e. The number of nitrogens with zero attached hydrogens (tertiary/aromatic N) is 3. The zero-order valence-electron chi connectivity index (χ0n) is 10.8. The number of fused-ring (bicyclic) bond motifs is 1. The first-order valence-electron chi connectivity index (χ1n) is 6.22. The third-order valence-electron chi connectivity index (χ3n) is 3.12. The van der Waals surface area contributed by atoms with Crippen LogP contribution < -0.4 is 5.73 Å². The molecule has 0 saturated carbocycles. The van der Waals surface area contributed by atoms with Gasteiger partial charge >= 0.3 is 6.18 Å². The second-order valence-corrected chi connectivity index (χ2v) is 4.47. The molecular weight excluding hydrogens is 281 g/mol. The maximum Gasteiger partial charge on any atom is 0.417 e. The van der Waals surface area contributed by atoms with Crippen LogP contribution in [0.3, 0.4) is 0 Å². The van der Waals surface area contributed by atoms with E-state index in [4.69, 9.17) is 5.73 Å². The van der Waals surface area contributed by atoms with Gasteiger partial charge in [-0.1, -0.05) is 24.3 Å². The minimum Gasteiger partial charge on any atom is -0.325 e. The summed E-state index contributed by atoms with van der Waals surface area (Å²) >= 11 is 0. The summed E-state index contributed by atoms with van der Waals surface area (Å²) in [5.74, 6) is 0.0313. The highest BCUT2D eigenvalue weighted by Crippen LogP contribution is 2.35. The molecule has 3 aromatic rings. The lowest BCUT2D eigenvalue weighted by atomic mass is 10.1. The Morgan fingerprint density at radius 1 is 1.05 bits per heavy atom. The summed E-state index contributed by atoms with van der Waals surface area (Å²) in [6, 6.07) is 10.4. The number of rotatable bonds is 2. The molecule has 0 aliphatic rings. The Bertz CT molecular complexity index is 792. The molecule has 3 rings (SSSR count). The van der Waals surface area contributed by atoms with Crippen molar-refractivity contribution in [3.8, 4) is 11.4 Å². The van der Waals surface area contributed by atoms with Crippen molar-refractivity contribution in [1.29, 1.82) is 0 Å². The van der Waals surface area contributed by atoms with Crippen molar-refractivity contribution in [1.82, 2.24) is 14.6 Å². The third-order valence-corrected chi connectivity index (χ3v) is 3.12. The van der Waals surface area contributed by atoms with Crippen LogP contribution in [0.1, 0.15) is 11.3 Å². The second kappa shape index (κ2) is 4.85. The topological polar surface area (TPSA) is 56.2 Å². The summed E-state index contributed by atoms with van der Waals surface area (Å²) < 4.78 is 40.6. The van der Waals surface area contributed by atoms with Crippen LogP contribution in [0.15, 0.2) is 42.5 Å². The molecule has 0 saturated heterocycles. The van der Waals surface area contributed by atoms with Gasteiger partial charge in [-0.3, -0.25) is 0 Å². The van der Waals surface area contributed by atoms with Gasteiger partial charge in [0.1, 0.15) is 0 Å². The molecule has 4 nitrogen and oxygen atoms in total. The van der Waals surface area contributed by atoms with E-state index in [2.05, 4.69) is 10.1 Å². The molecule has 21 heavy (non-hydrogen) atoms. The first-order chi connectivity index (χ1) is 10.0.